The van der Waals surface area contributed by atoms with Crippen LogP contribution in [0.1, 0.15) is 6.92 Å². The summed E-state index contributed by atoms with van der Waals surface area (Å²) in [5.74, 6) is 0. The van der Waals surface area contributed by atoms with E-state index in [4.69, 9.17) is 17.8 Å². The minimum Gasteiger partial charge on any atom is -0.414 e. The highest BCUT2D eigenvalue weighted by atomic mass is 28.5. The molecule has 0 aliphatic carbocycles. The van der Waals surface area contributed by atoms with Gasteiger partial charge < -0.3 is 17.8 Å². The van der Waals surface area contributed by atoms with Crippen LogP contribution in [-0.4, -0.2) is 44.0 Å². The Labute approximate surface area is 103 Å². The van der Waals surface area contributed by atoms with Crippen LogP contribution >= 0.6 is 0 Å². The second-order valence-electron chi connectivity index (χ2n) is 5.79. The van der Waals surface area contributed by atoms with E-state index in [-0.39, 0.29) is 12.7 Å². The van der Waals surface area contributed by atoms with Crippen molar-refractivity contribution in [1.29, 1.82) is 0 Å². The normalized spacial score (nSPS) is 15.6. The zero-order valence-corrected chi connectivity index (χ0v) is 14.5. The predicted octanol–water partition coefficient (Wildman–Crippen LogP) is 2.07. The first-order chi connectivity index (χ1) is 7.03. The molecule has 1 N–H and O–H groups in total. The number of aliphatic hydroxyl groups is 1. The van der Waals surface area contributed by atoms with Crippen molar-refractivity contribution in [2.45, 2.75) is 52.3 Å². The van der Waals surface area contributed by atoms with Crippen molar-refractivity contribution in [1.82, 2.24) is 0 Å². The average molecular weight is 282 g/mol. The van der Waals surface area contributed by atoms with Crippen molar-refractivity contribution in [3.8, 4) is 0 Å². The molecule has 1 unspecified atom stereocenters. The van der Waals surface area contributed by atoms with Gasteiger partial charge in [-0.15, -0.1) is 0 Å². The number of hydrogen-bond acceptors (Lipinski definition) is 4. The molecule has 0 heterocycles. The Hall–Kier alpha value is 0.491. The Bertz CT molecular complexity index is 184. The van der Waals surface area contributed by atoms with Crippen molar-refractivity contribution in [3.05, 3.63) is 0 Å². The maximum absolute atomic E-state index is 8.98. The predicted molar refractivity (Wildman–Crippen MR) is 72.2 cm³/mol. The molecule has 0 saturated carbocycles. The van der Waals surface area contributed by atoms with Crippen molar-refractivity contribution in [2.75, 3.05) is 6.61 Å². The summed E-state index contributed by atoms with van der Waals surface area (Å²) in [7, 11) is -5.03. The van der Waals surface area contributed by atoms with Gasteiger partial charge in [0.05, 0.1) is 12.7 Å². The lowest BCUT2D eigenvalue weighted by atomic mass is 10.5. The lowest BCUT2D eigenvalue weighted by molar-refractivity contribution is 0.0852. The minimum absolute atomic E-state index is 0.00170. The Morgan fingerprint density at radius 1 is 1.00 bits per heavy atom. The topological polar surface area (TPSA) is 47.9 Å². The summed E-state index contributed by atoms with van der Waals surface area (Å²) in [6.07, 6.45) is -0.221. The van der Waals surface area contributed by atoms with Gasteiger partial charge in [0.1, 0.15) is 0 Å². The Balaban J connectivity index is 4.39. The molecule has 0 bridgehead atoms. The van der Waals surface area contributed by atoms with Crippen LogP contribution in [0, 0.1) is 0 Å². The second kappa shape index (κ2) is 6.43. The Morgan fingerprint density at radius 3 is 1.62 bits per heavy atom. The van der Waals surface area contributed by atoms with Crippen molar-refractivity contribution in [3.63, 3.8) is 0 Å². The number of hydrogen-bond donors (Lipinski definition) is 1. The molecular formula is C9H25O4Si3. The van der Waals surface area contributed by atoms with Crippen molar-refractivity contribution >= 4 is 26.2 Å². The zero-order chi connectivity index (χ0) is 13.0. The smallest absolute Gasteiger partial charge is 0.414 e. The second-order valence-corrected chi connectivity index (χ2v) is 16.6. The Kier molecular flexibility index (Phi) is 6.63. The molecule has 0 aliphatic rings. The minimum atomic E-state index is -1.71. The molecule has 1 radical (unpaired) electrons. The zero-order valence-electron chi connectivity index (χ0n) is 11.5. The first-order valence-corrected chi connectivity index (χ1v) is 13.6. The first-order valence-electron chi connectivity index (χ1n) is 5.56. The molecule has 97 valence electrons. The van der Waals surface area contributed by atoms with Crippen LogP contribution in [0.25, 0.3) is 0 Å². The molecule has 4 nitrogen and oxygen atoms in total. The Morgan fingerprint density at radius 2 is 1.38 bits per heavy atom. The highest BCUT2D eigenvalue weighted by Gasteiger charge is 2.33. The number of rotatable bonds is 7. The lowest BCUT2D eigenvalue weighted by Gasteiger charge is -2.29. The van der Waals surface area contributed by atoms with Gasteiger partial charge in [-0.2, -0.15) is 0 Å². The van der Waals surface area contributed by atoms with E-state index >= 15 is 0 Å². The molecule has 0 aromatic heterocycles. The molecule has 0 spiro atoms. The quantitative estimate of drug-likeness (QED) is 0.726. The van der Waals surface area contributed by atoms with E-state index in [1.54, 1.807) is 0 Å². The SMILES string of the molecule is CC(CO)O[Si](O[Si](C)(C)C)O[Si](C)(C)C. The molecule has 0 saturated heterocycles. The van der Waals surface area contributed by atoms with Gasteiger partial charge in [0.15, 0.2) is 16.6 Å². The molecule has 16 heavy (non-hydrogen) atoms. The van der Waals surface area contributed by atoms with Gasteiger partial charge in [0.25, 0.3) is 0 Å². The van der Waals surface area contributed by atoms with Crippen LogP contribution in [0.2, 0.25) is 39.3 Å². The van der Waals surface area contributed by atoms with Gasteiger partial charge in [0, 0.05) is 0 Å². The highest BCUT2D eigenvalue weighted by molar-refractivity contribution is 6.79. The largest absolute Gasteiger partial charge is 0.555 e. The van der Waals surface area contributed by atoms with E-state index in [1.165, 1.54) is 0 Å². The summed E-state index contributed by atoms with van der Waals surface area (Å²) in [5.41, 5.74) is 0. The van der Waals surface area contributed by atoms with Crippen LogP contribution in [0.5, 0.6) is 0 Å². The molecule has 1 atom stereocenters. The van der Waals surface area contributed by atoms with Gasteiger partial charge in [-0.3, -0.25) is 0 Å². The lowest BCUT2D eigenvalue weighted by Crippen LogP contribution is -2.46. The highest BCUT2D eigenvalue weighted by Crippen LogP contribution is 2.13. The van der Waals surface area contributed by atoms with Crippen LogP contribution in [-0.2, 0) is 12.7 Å². The third-order valence-electron chi connectivity index (χ3n) is 1.33. The molecular weight excluding hydrogens is 256 g/mol. The van der Waals surface area contributed by atoms with Crippen LogP contribution in [0.3, 0.4) is 0 Å². The summed E-state index contributed by atoms with van der Waals surface area (Å²) < 4.78 is 17.4. The maximum atomic E-state index is 8.98. The van der Waals surface area contributed by atoms with E-state index in [1.807, 2.05) is 6.92 Å². The van der Waals surface area contributed by atoms with E-state index in [9.17, 15) is 0 Å². The molecule has 7 heteroatoms. The van der Waals surface area contributed by atoms with E-state index in [0.717, 1.165) is 0 Å². The fourth-order valence-corrected chi connectivity index (χ4v) is 6.10. The first kappa shape index (κ1) is 16.5. The molecule has 0 amide bonds. The average Bonchev–Trinajstić information content (AvgIpc) is 1.97. The standard InChI is InChI=1S/C9H25O4Si3/c1-9(8-10)11-14(12-15(2,3)4)13-16(5,6)7/h9-10H,8H2,1-7H3. The summed E-state index contributed by atoms with van der Waals surface area (Å²) in [4.78, 5) is 0. The van der Waals surface area contributed by atoms with E-state index in [0.29, 0.717) is 0 Å². The van der Waals surface area contributed by atoms with Crippen LogP contribution in [0.15, 0.2) is 0 Å². The fourth-order valence-electron chi connectivity index (χ4n) is 0.770. The van der Waals surface area contributed by atoms with E-state index < -0.39 is 26.2 Å². The molecule has 0 fully saturated rings. The summed E-state index contributed by atoms with van der Waals surface area (Å²) in [5, 5.41) is 8.98. The van der Waals surface area contributed by atoms with Gasteiger partial charge in [0.2, 0.25) is 0 Å². The van der Waals surface area contributed by atoms with Crippen LogP contribution < -0.4 is 0 Å². The van der Waals surface area contributed by atoms with Crippen molar-refractivity contribution in [2.24, 2.45) is 0 Å². The van der Waals surface area contributed by atoms with Crippen molar-refractivity contribution < 1.29 is 17.8 Å². The maximum Gasteiger partial charge on any atom is 0.555 e. The summed E-state index contributed by atoms with van der Waals surface area (Å²) in [6.45, 7) is 14.5. The molecule has 0 aromatic carbocycles. The molecule has 0 aliphatic heterocycles. The third kappa shape index (κ3) is 9.70. The molecule has 0 rings (SSSR count). The number of aliphatic hydroxyl groups excluding tert-OH is 1. The third-order valence-corrected chi connectivity index (χ3v) is 8.16. The fraction of sp³-hybridized carbons (Fsp3) is 1.00. The van der Waals surface area contributed by atoms with Crippen LogP contribution in [0.4, 0.5) is 0 Å². The van der Waals surface area contributed by atoms with Gasteiger partial charge in [-0.05, 0) is 46.2 Å². The monoisotopic (exact) mass is 281 g/mol. The molecule has 0 aromatic rings. The summed E-state index contributed by atoms with van der Waals surface area (Å²) >= 11 is 0. The van der Waals surface area contributed by atoms with Gasteiger partial charge >= 0.3 is 9.53 Å². The van der Waals surface area contributed by atoms with E-state index in [2.05, 4.69) is 39.3 Å². The van der Waals surface area contributed by atoms with Gasteiger partial charge in [-0.25, -0.2) is 0 Å². The van der Waals surface area contributed by atoms with Gasteiger partial charge in [-0.1, -0.05) is 0 Å². The summed E-state index contributed by atoms with van der Waals surface area (Å²) in [6, 6.07) is 0.